The second-order valence-corrected chi connectivity index (χ2v) is 9.08. The summed E-state index contributed by atoms with van der Waals surface area (Å²) in [7, 11) is -3.22. The van der Waals surface area contributed by atoms with E-state index in [-0.39, 0.29) is 22.3 Å². The third kappa shape index (κ3) is 2.91. The van der Waals surface area contributed by atoms with Crippen LogP contribution >= 0.6 is 11.3 Å². The number of hydrogen-bond donors (Lipinski definition) is 1. The normalized spacial score (nSPS) is 18.5. The lowest BCUT2D eigenvalue weighted by molar-refractivity contribution is -0.137. The zero-order chi connectivity index (χ0) is 17.0. The van der Waals surface area contributed by atoms with Crippen molar-refractivity contribution in [2.75, 3.05) is 11.5 Å². The van der Waals surface area contributed by atoms with Crippen LogP contribution in [-0.2, 0) is 22.4 Å². The number of nitrogens with zero attached hydrogens (tertiary/aromatic N) is 1. The number of alkyl halides is 3. The van der Waals surface area contributed by atoms with Gasteiger partial charge >= 0.3 is 6.18 Å². The summed E-state index contributed by atoms with van der Waals surface area (Å²) in [6, 6.07) is 1.79. The summed E-state index contributed by atoms with van der Waals surface area (Å²) in [5, 5.41) is 8.06. The molecule has 0 saturated carbocycles. The minimum Gasteiger partial charge on any atom is -0.313 e. The van der Waals surface area contributed by atoms with Crippen molar-refractivity contribution in [3.63, 3.8) is 0 Å². The summed E-state index contributed by atoms with van der Waals surface area (Å²) in [5.74, 6) is -0.0586. The minimum absolute atomic E-state index is 0.0184. The first-order chi connectivity index (χ1) is 10.6. The largest absolute Gasteiger partial charge is 0.416 e. The van der Waals surface area contributed by atoms with E-state index in [1.54, 1.807) is 11.5 Å². The van der Waals surface area contributed by atoms with Gasteiger partial charge in [-0.05, 0) is 30.5 Å². The predicted octanol–water partition coefficient (Wildman–Crippen LogP) is 3.12. The first-order valence-corrected chi connectivity index (χ1v) is 9.76. The fourth-order valence-corrected chi connectivity index (χ4v) is 5.19. The molecule has 0 aliphatic carbocycles. The average molecular weight is 364 g/mol. The molecule has 0 unspecified atom stereocenters. The van der Waals surface area contributed by atoms with Gasteiger partial charge in [-0.2, -0.15) is 13.2 Å². The lowest BCUT2D eigenvalue weighted by Gasteiger charge is -2.25. The zero-order valence-electron chi connectivity index (χ0n) is 12.3. The number of halogens is 3. The van der Waals surface area contributed by atoms with Gasteiger partial charge in [-0.1, -0.05) is 18.3 Å². The number of aromatic nitrogens is 1. The molecule has 0 amide bonds. The van der Waals surface area contributed by atoms with E-state index >= 15 is 0 Å². The Balaban J connectivity index is 2.18. The summed E-state index contributed by atoms with van der Waals surface area (Å²) in [4.78, 5) is 0.0941. The Bertz CT molecular complexity index is 926. The number of nitrogens with one attached hydrogen (secondary N) is 1. The van der Waals surface area contributed by atoms with Crippen molar-refractivity contribution in [3.8, 4) is 0 Å². The fourth-order valence-electron chi connectivity index (χ4n) is 2.99. The van der Waals surface area contributed by atoms with Crippen LogP contribution in [0.5, 0.6) is 0 Å². The van der Waals surface area contributed by atoms with Crippen LogP contribution in [0.15, 0.2) is 12.1 Å². The molecule has 2 aromatic rings. The molecule has 4 nitrogen and oxygen atoms in total. The predicted molar refractivity (Wildman–Crippen MR) is 82.4 cm³/mol. The van der Waals surface area contributed by atoms with E-state index < -0.39 is 21.6 Å². The van der Waals surface area contributed by atoms with Gasteiger partial charge in [-0.25, -0.2) is 8.42 Å². The van der Waals surface area contributed by atoms with Crippen LogP contribution in [-0.4, -0.2) is 24.5 Å². The fraction of sp³-hybridized carbons (Fsp3) is 0.500. The second-order valence-electron chi connectivity index (χ2n) is 5.65. The number of benzene rings is 1. The van der Waals surface area contributed by atoms with Crippen molar-refractivity contribution in [1.82, 2.24) is 4.57 Å². The average Bonchev–Trinajstić information content (AvgIpc) is 2.78. The summed E-state index contributed by atoms with van der Waals surface area (Å²) >= 11 is 0.960. The molecule has 0 fully saturated rings. The molecule has 1 aromatic carbocycles. The van der Waals surface area contributed by atoms with Gasteiger partial charge in [0.15, 0.2) is 14.6 Å². The molecule has 0 bridgehead atoms. The van der Waals surface area contributed by atoms with Gasteiger partial charge < -0.3 is 4.57 Å². The number of aryl methyl sites for hydroxylation is 1. The van der Waals surface area contributed by atoms with E-state index in [2.05, 4.69) is 0 Å². The highest BCUT2D eigenvalue weighted by atomic mass is 32.2. The number of rotatable bonds is 3. The summed E-state index contributed by atoms with van der Waals surface area (Å²) in [6.07, 6.45) is -3.61. The second kappa shape index (κ2) is 5.34. The molecule has 23 heavy (non-hydrogen) atoms. The molecule has 1 N–H and O–H groups in total. The van der Waals surface area contributed by atoms with E-state index in [1.807, 2.05) is 0 Å². The van der Waals surface area contributed by atoms with Gasteiger partial charge in [-0.15, -0.1) is 0 Å². The molecule has 126 valence electrons. The van der Waals surface area contributed by atoms with Gasteiger partial charge in [0.1, 0.15) is 0 Å². The van der Waals surface area contributed by atoms with Crippen LogP contribution in [0.1, 0.15) is 30.5 Å². The van der Waals surface area contributed by atoms with Gasteiger partial charge in [0.2, 0.25) is 0 Å². The minimum atomic E-state index is -4.43. The van der Waals surface area contributed by atoms with Crippen molar-refractivity contribution in [3.05, 3.63) is 28.1 Å². The van der Waals surface area contributed by atoms with Gasteiger partial charge in [0.05, 0.1) is 27.6 Å². The third-order valence-corrected chi connectivity index (χ3v) is 6.84. The summed E-state index contributed by atoms with van der Waals surface area (Å²) in [5.41, 5.74) is 0.401. The first-order valence-electron chi connectivity index (χ1n) is 7.12. The molecule has 9 heteroatoms. The molecule has 1 aliphatic heterocycles. The Kier molecular flexibility index (Phi) is 3.83. The topological polar surface area (TPSA) is 62.9 Å². The van der Waals surface area contributed by atoms with E-state index in [1.165, 1.54) is 0 Å². The maximum Gasteiger partial charge on any atom is 0.416 e. The van der Waals surface area contributed by atoms with Crippen molar-refractivity contribution >= 4 is 31.4 Å². The molecule has 1 aliphatic rings. The highest BCUT2D eigenvalue weighted by Crippen LogP contribution is 2.38. The monoisotopic (exact) mass is 364 g/mol. The molecular weight excluding hydrogens is 349 g/mol. The summed E-state index contributed by atoms with van der Waals surface area (Å²) in [6.45, 7) is 1.57. The quantitative estimate of drug-likeness (QED) is 0.910. The molecule has 1 atom stereocenters. The van der Waals surface area contributed by atoms with Crippen molar-refractivity contribution < 1.29 is 21.6 Å². The highest BCUT2D eigenvalue weighted by Gasteiger charge is 2.34. The SMILES string of the molecule is CCS(=O)(=O)C[C@H]1CCc2cc(C(F)(F)F)cc3sc(=N)n1c23. The Labute approximate surface area is 135 Å². The van der Waals surface area contributed by atoms with Crippen LogP contribution in [0, 0.1) is 5.41 Å². The van der Waals surface area contributed by atoms with Gasteiger partial charge in [0, 0.05) is 5.75 Å². The van der Waals surface area contributed by atoms with Crippen LogP contribution in [0.3, 0.4) is 0 Å². The van der Waals surface area contributed by atoms with E-state index in [0.29, 0.717) is 28.6 Å². The lowest BCUT2D eigenvalue weighted by atomic mass is 9.98. The molecular formula is C14H15F3N2O2S2. The molecule has 0 saturated heterocycles. The van der Waals surface area contributed by atoms with Gasteiger partial charge in [-0.3, -0.25) is 5.41 Å². The third-order valence-electron chi connectivity index (χ3n) is 4.15. The molecule has 1 aromatic heterocycles. The molecule has 3 rings (SSSR count). The molecule has 0 radical (unpaired) electrons. The lowest BCUT2D eigenvalue weighted by Crippen LogP contribution is -2.30. The number of hydrogen-bond acceptors (Lipinski definition) is 4. The maximum atomic E-state index is 13.0. The van der Waals surface area contributed by atoms with Crippen LogP contribution in [0.2, 0.25) is 0 Å². The molecule has 0 spiro atoms. The van der Waals surface area contributed by atoms with Crippen LogP contribution in [0.25, 0.3) is 10.2 Å². The van der Waals surface area contributed by atoms with Crippen LogP contribution < -0.4 is 4.80 Å². The standard InChI is InChI=1S/C14H15F3N2O2S2/c1-2-23(20,21)7-10-4-3-8-5-9(14(15,16)17)6-11-12(8)19(10)13(18)22-11/h5-6,10,18H,2-4,7H2,1H3/t10-/m1/s1. The Morgan fingerprint density at radius 3 is 2.70 bits per heavy atom. The van der Waals surface area contributed by atoms with Crippen molar-refractivity contribution in [1.29, 1.82) is 5.41 Å². The highest BCUT2D eigenvalue weighted by molar-refractivity contribution is 7.91. The molecule has 2 heterocycles. The van der Waals surface area contributed by atoms with Crippen molar-refractivity contribution in [2.45, 2.75) is 32.0 Å². The maximum absolute atomic E-state index is 13.0. The van der Waals surface area contributed by atoms with E-state index in [4.69, 9.17) is 5.41 Å². The van der Waals surface area contributed by atoms with Crippen molar-refractivity contribution in [2.24, 2.45) is 0 Å². The zero-order valence-corrected chi connectivity index (χ0v) is 13.9. The first kappa shape index (κ1) is 16.5. The Morgan fingerprint density at radius 1 is 1.39 bits per heavy atom. The summed E-state index contributed by atoms with van der Waals surface area (Å²) < 4.78 is 64.7. The Hall–Kier alpha value is -1.35. The van der Waals surface area contributed by atoms with Crippen LogP contribution in [0.4, 0.5) is 13.2 Å². The smallest absolute Gasteiger partial charge is 0.313 e. The van der Waals surface area contributed by atoms with E-state index in [0.717, 1.165) is 23.5 Å². The van der Waals surface area contributed by atoms with Gasteiger partial charge in [0.25, 0.3) is 0 Å². The number of sulfone groups is 1. The van der Waals surface area contributed by atoms with E-state index in [9.17, 15) is 21.6 Å². The number of thiazole rings is 1. The Morgan fingerprint density at radius 2 is 2.09 bits per heavy atom.